The fourth-order valence-corrected chi connectivity index (χ4v) is 4.74. The Balaban J connectivity index is 1.59. The Morgan fingerprint density at radius 1 is 1.02 bits per heavy atom. The van der Waals surface area contributed by atoms with Gasteiger partial charge >= 0.3 is 5.97 Å². The topological polar surface area (TPSA) is 126 Å². The zero-order chi connectivity index (χ0) is 30.1. The number of rotatable bonds is 12. The Kier molecular flexibility index (Phi) is 11.4. The number of nitrogens with one attached hydrogen (secondary N) is 3. The number of carbonyl (C=O) groups is 4. The van der Waals surface area contributed by atoms with E-state index in [0.717, 1.165) is 23.0 Å². The minimum absolute atomic E-state index is 0.0653. The molecule has 10 nitrogen and oxygen atoms in total. The monoisotopic (exact) mass is 566 g/mol. The first-order valence-corrected chi connectivity index (χ1v) is 14.1. The van der Waals surface area contributed by atoms with Crippen molar-refractivity contribution in [1.82, 2.24) is 21.1 Å². The minimum Gasteiger partial charge on any atom is -0.483 e. The van der Waals surface area contributed by atoms with E-state index in [1.54, 1.807) is 20.9 Å². The summed E-state index contributed by atoms with van der Waals surface area (Å²) in [7, 11) is 1.71. The molecule has 1 aliphatic heterocycles. The first kappa shape index (κ1) is 31.8. The van der Waals surface area contributed by atoms with Gasteiger partial charge in [-0.25, -0.2) is 5.43 Å². The van der Waals surface area contributed by atoms with Gasteiger partial charge in [-0.15, -0.1) is 0 Å². The molecule has 1 saturated heterocycles. The molecule has 5 atom stereocenters. The average molecular weight is 567 g/mol. The van der Waals surface area contributed by atoms with Crippen LogP contribution in [0.3, 0.4) is 0 Å². The van der Waals surface area contributed by atoms with E-state index < -0.39 is 36.3 Å². The van der Waals surface area contributed by atoms with Gasteiger partial charge < -0.3 is 20.1 Å². The largest absolute Gasteiger partial charge is 0.483 e. The van der Waals surface area contributed by atoms with Gasteiger partial charge in [0.15, 0.2) is 12.4 Å². The Morgan fingerprint density at radius 2 is 1.73 bits per heavy atom. The summed E-state index contributed by atoms with van der Waals surface area (Å²) in [6.07, 6.45) is 0.863. The summed E-state index contributed by atoms with van der Waals surface area (Å²) in [5.41, 5.74) is 5.73. The molecule has 0 aromatic heterocycles. The van der Waals surface area contributed by atoms with Crippen LogP contribution in [0.25, 0.3) is 11.1 Å². The van der Waals surface area contributed by atoms with Gasteiger partial charge in [-0.3, -0.25) is 24.2 Å². The lowest BCUT2D eigenvalue weighted by molar-refractivity contribution is -0.157. The fourth-order valence-electron chi connectivity index (χ4n) is 4.74. The Morgan fingerprint density at radius 3 is 2.37 bits per heavy atom. The zero-order valence-electron chi connectivity index (χ0n) is 24.7. The van der Waals surface area contributed by atoms with E-state index in [-0.39, 0.29) is 17.7 Å². The van der Waals surface area contributed by atoms with Crippen LogP contribution in [0.1, 0.15) is 59.1 Å². The molecule has 1 aliphatic rings. The highest BCUT2D eigenvalue weighted by molar-refractivity contribution is 5.89. The molecule has 0 aliphatic carbocycles. The Hall–Kier alpha value is -3.76. The predicted octanol–water partition coefficient (Wildman–Crippen LogP) is 3.17. The molecule has 41 heavy (non-hydrogen) atoms. The van der Waals surface area contributed by atoms with Crippen molar-refractivity contribution in [3.63, 3.8) is 0 Å². The van der Waals surface area contributed by atoms with Crippen molar-refractivity contribution in [3.05, 3.63) is 54.1 Å². The summed E-state index contributed by atoms with van der Waals surface area (Å²) in [5.74, 6) is -0.335. The van der Waals surface area contributed by atoms with Crippen molar-refractivity contribution in [2.24, 2.45) is 5.92 Å². The highest BCUT2D eigenvalue weighted by atomic mass is 16.5. The average Bonchev–Trinajstić information content (AvgIpc) is 2.97. The molecule has 10 heteroatoms. The van der Waals surface area contributed by atoms with Crippen LogP contribution in [-0.4, -0.2) is 66.9 Å². The second-order valence-electron chi connectivity index (χ2n) is 10.7. The van der Waals surface area contributed by atoms with E-state index >= 15 is 0 Å². The molecule has 0 bridgehead atoms. The van der Waals surface area contributed by atoms with Crippen LogP contribution in [-0.2, 0) is 23.9 Å². The fraction of sp³-hybridized carbons (Fsp3) is 0.484. The molecule has 3 rings (SSSR count). The van der Waals surface area contributed by atoms with Crippen LogP contribution in [0.15, 0.2) is 48.5 Å². The number of likely N-dealkylation sites (N-methyl/N-ethyl adjacent to an activating group) is 1. The predicted molar refractivity (Wildman–Crippen MR) is 156 cm³/mol. The molecule has 0 spiro atoms. The summed E-state index contributed by atoms with van der Waals surface area (Å²) in [6.45, 7) is 9.41. The smallest absolute Gasteiger partial charge is 0.325 e. The third-order valence-electron chi connectivity index (χ3n) is 7.08. The number of hydrogen-bond acceptors (Lipinski definition) is 8. The van der Waals surface area contributed by atoms with Gasteiger partial charge in [0.25, 0.3) is 5.91 Å². The van der Waals surface area contributed by atoms with Crippen LogP contribution >= 0.6 is 0 Å². The maximum Gasteiger partial charge on any atom is 0.325 e. The number of nitrogens with zero attached hydrogens (tertiary/aromatic N) is 1. The molecule has 0 saturated carbocycles. The number of hydrogen-bond donors (Lipinski definition) is 3. The summed E-state index contributed by atoms with van der Waals surface area (Å²) >= 11 is 0. The molecule has 222 valence electrons. The van der Waals surface area contributed by atoms with Gasteiger partial charge in [0.1, 0.15) is 23.9 Å². The summed E-state index contributed by atoms with van der Waals surface area (Å²) < 4.78 is 11.3. The van der Waals surface area contributed by atoms with Gasteiger partial charge in [0.05, 0.1) is 6.04 Å². The molecule has 2 aromatic rings. The highest BCUT2D eigenvalue weighted by Gasteiger charge is 2.33. The first-order valence-electron chi connectivity index (χ1n) is 14.1. The summed E-state index contributed by atoms with van der Waals surface area (Å²) in [4.78, 5) is 49.5. The quantitative estimate of drug-likeness (QED) is 0.264. The Bertz CT molecular complexity index is 1200. The number of esters is 1. The van der Waals surface area contributed by atoms with E-state index in [2.05, 4.69) is 16.1 Å². The highest BCUT2D eigenvalue weighted by Crippen LogP contribution is 2.27. The number of carbonyl (C=O) groups excluding carboxylic acids is 4. The van der Waals surface area contributed by atoms with Crippen LogP contribution < -0.4 is 20.8 Å². The van der Waals surface area contributed by atoms with Crippen LogP contribution in [0.4, 0.5) is 0 Å². The molecular formula is C31H42N4O6. The molecule has 2 amide bonds. The SMILES string of the molecule is CNC(C(=O)NC(C)C(=O)N1CCCC(C(=O)O[C@H](C)c2cccc(-c3ccc(OC(C)C=O)cc3)c2)N1)C(C)C. The van der Waals surface area contributed by atoms with Gasteiger partial charge in [0.2, 0.25) is 5.91 Å². The minimum atomic E-state index is -0.755. The van der Waals surface area contributed by atoms with Crippen LogP contribution in [0, 0.1) is 5.92 Å². The van der Waals surface area contributed by atoms with Crippen molar-refractivity contribution >= 4 is 24.1 Å². The van der Waals surface area contributed by atoms with Gasteiger partial charge in [-0.05, 0) is 81.5 Å². The van der Waals surface area contributed by atoms with Crippen molar-refractivity contribution in [2.75, 3.05) is 13.6 Å². The molecule has 0 radical (unpaired) electrons. The maximum atomic E-state index is 13.1. The normalized spacial score (nSPS) is 18.1. The number of benzene rings is 2. The number of amides is 2. The molecule has 3 N–H and O–H groups in total. The van der Waals surface area contributed by atoms with E-state index in [0.29, 0.717) is 25.1 Å². The second-order valence-corrected chi connectivity index (χ2v) is 10.7. The first-order chi connectivity index (χ1) is 19.5. The number of hydrazine groups is 1. The maximum absolute atomic E-state index is 13.1. The Labute approximate surface area is 242 Å². The van der Waals surface area contributed by atoms with Gasteiger partial charge in [0, 0.05) is 6.54 Å². The van der Waals surface area contributed by atoms with Crippen molar-refractivity contribution in [3.8, 4) is 16.9 Å². The van der Waals surface area contributed by atoms with Crippen molar-refractivity contribution in [1.29, 1.82) is 0 Å². The van der Waals surface area contributed by atoms with Crippen molar-refractivity contribution in [2.45, 2.75) is 77.8 Å². The lowest BCUT2D eigenvalue weighted by Gasteiger charge is -2.35. The van der Waals surface area contributed by atoms with Gasteiger partial charge in [-0.2, -0.15) is 0 Å². The van der Waals surface area contributed by atoms with Crippen LogP contribution in [0.2, 0.25) is 0 Å². The zero-order valence-corrected chi connectivity index (χ0v) is 24.7. The summed E-state index contributed by atoms with van der Waals surface area (Å²) in [5, 5.41) is 7.14. The third kappa shape index (κ3) is 8.61. The number of aldehydes is 1. The van der Waals surface area contributed by atoms with E-state index in [4.69, 9.17) is 9.47 Å². The second kappa shape index (κ2) is 14.7. The number of ether oxygens (including phenoxy) is 2. The molecule has 4 unspecified atom stereocenters. The summed E-state index contributed by atoms with van der Waals surface area (Å²) in [6, 6.07) is 13.3. The molecular weight excluding hydrogens is 524 g/mol. The third-order valence-corrected chi connectivity index (χ3v) is 7.08. The standard InChI is InChI=1S/C31H42N4O6/c1-19(2)28(32-6)29(37)33-21(4)30(38)35-16-8-11-27(34-35)31(39)41-22(5)24-9-7-10-25(17-24)23-12-14-26(15-13-23)40-20(3)18-36/h7,9-10,12-15,17-22,27-28,32,34H,8,11,16H2,1-6H3,(H,33,37)/t20?,21?,22-,27?,28?/m1/s1. The van der Waals surface area contributed by atoms with E-state index in [1.165, 1.54) is 5.01 Å². The van der Waals surface area contributed by atoms with E-state index in [1.807, 2.05) is 69.3 Å². The lowest BCUT2D eigenvalue weighted by atomic mass is 10.0. The van der Waals surface area contributed by atoms with E-state index in [9.17, 15) is 19.2 Å². The van der Waals surface area contributed by atoms with Gasteiger partial charge in [-0.1, -0.05) is 44.2 Å². The van der Waals surface area contributed by atoms with Crippen molar-refractivity contribution < 1.29 is 28.7 Å². The molecule has 1 fully saturated rings. The molecule has 2 aromatic carbocycles. The molecule has 1 heterocycles. The van der Waals surface area contributed by atoms with Crippen LogP contribution in [0.5, 0.6) is 5.75 Å². The lowest BCUT2D eigenvalue weighted by Crippen LogP contribution is -2.60.